The molecular formula is C26H30BN3O3. The Morgan fingerprint density at radius 3 is 2.58 bits per heavy atom. The first-order chi connectivity index (χ1) is 16.1. The van der Waals surface area contributed by atoms with Crippen LogP contribution in [-0.2, 0) is 13.1 Å². The average molecular weight is 443 g/mol. The molecule has 7 heteroatoms. The highest BCUT2D eigenvalue weighted by Crippen LogP contribution is 2.31. The third kappa shape index (κ3) is 4.80. The number of para-hydroxylation sites is 1. The van der Waals surface area contributed by atoms with E-state index in [0.717, 1.165) is 66.0 Å². The van der Waals surface area contributed by atoms with Crippen LogP contribution in [0.1, 0.15) is 24.0 Å². The number of likely N-dealkylation sites (tertiary alicyclic amines) is 1. The smallest absolute Gasteiger partial charge is 0.251 e. The first-order valence-electron chi connectivity index (χ1n) is 11.8. The second kappa shape index (κ2) is 9.61. The Kier molecular flexibility index (Phi) is 6.42. The SMILES string of the molecule is [B]N(Cc1ccc2c(c1)OCCO2)C1CCN(CCn2c(=O)cc(C)c3ccccc32)CC1. The molecule has 2 aliphatic heterocycles. The van der Waals surface area contributed by atoms with E-state index in [1.165, 1.54) is 0 Å². The van der Waals surface area contributed by atoms with E-state index in [-0.39, 0.29) is 5.56 Å². The highest BCUT2D eigenvalue weighted by Gasteiger charge is 2.23. The molecule has 0 unspecified atom stereocenters. The summed E-state index contributed by atoms with van der Waals surface area (Å²) in [7, 11) is 6.46. The Morgan fingerprint density at radius 1 is 1.00 bits per heavy atom. The largest absolute Gasteiger partial charge is 0.486 e. The molecule has 3 aromatic rings. The van der Waals surface area contributed by atoms with Gasteiger partial charge in [-0.1, -0.05) is 24.3 Å². The summed E-state index contributed by atoms with van der Waals surface area (Å²) in [4.78, 5) is 17.0. The summed E-state index contributed by atoms with van der Waals surface area (Å²) in [6.07, 6.45) is 2.04. The van der Waals surface area contributed by atoms with Gasteiger partial charge in [0, 0.05) is 37.1 Å². The average Bonchev–Trinajstić information content (AvgIpc) is 2.84. The number of aryl methyl sites for hydroxylation is 1. The molecule has 3 heterocycles. The summed E-state index contributed by atoms with van der Waals surface area (Å²) in [5, 5.41) is 1.15. The van der Waals surface area contributed by atoms with Crippen molar-refractivity contribution in [1.82, 2.24) is 14.3 Å². The quantitative estimate of drug-likeness (QED) is 0.548. The molecule has 2 aromatic carbocycles. The van der Waals surface area contributed by atoms with Crippen molar-refractivity contribution in [2.75, 3.05) is 32.8 Å². The van der Waals surface area contributed by atoms with Crippen molar-refractivity contribution in [1.29, 1.82) is 0 Å². The van der Waals surface area contributed by atoms with Crippen molar-refractivity contribution in [3.8, 4) is 11.5 Å². The van der Waals surface area contributed by atoms with Crippen molar-refractivity contribution in [2.45, 2.75) is 38.9 Å². The Balaban J connectivity index is 1.16. The summed E-state index contributed by atoms with van der Waals surface area (Å²) in [6.45, 7) is 7.42. The maximum Gasteiger partial charge on any atom is 0.251 e. The number of aromatic nitrogens is 1. The predicted octanol–water partition coefficient (Wildman–Crippen LogP) is 3.13. The van der Waals surface area contributed by atoms with E-state index in [4.69, 9.17) is 17.5 Å². The van der Waals surface area contributed by atoms with Crippen molar-refractivity contribution >= 4 is 18.9 Å². The van der Waals surface area contributed by atoms with Gasteiger partial charge in [0.15, 0.2) is 19.5 Å². The molecule has 0 aliphatic carbocycles. The number of nitrogens with zero attached hydrogens (tertiary/aromatic N) is 3. The van der Waals surface area contributed by atoms with E-state index in [1.54, 1.807) is 6.07 Å². The standard InChI is InChI=1S/C26H30BN3O3/c1-19-16-26(31)29(23-5-3-2-4-22(19)23)13-12-28-10-8-21(9-11-28)30(27)18-20-6-7-24-25(17-20)33-15-14-32-24/h2-7,16-17,21H,8-15,18H2,1H3. The molecule has 1 saturated heterocycles. The van der Waals surface area contributed by atoms with Crippen LogP contribution in [0.2, 0.25) is 0 Å². The molecule has 5 rings (SSSR count). The van der Waals surface area contributed by atoms with Crippen LogP contribution in [0.3, 0.4) is 0 Å². The lowest BCUT2D eigenvalue weighted by atomic mass is 9.99. The first-order valence-corrected chi connectivity index (χ1v) is 11.8. The van der Waals surface area contributed by atoms with Crippen LogP contribution < -0.4 is 15.0 Å². The number of rotatable bonds is 6. The van der Waals surface area contributed by atoms with Crippen LogP contribution >= 0.6 is 0 Å². The predicted molar refractivity (Wildman–Crippen MR) is 131 cm³/mol. The van der Waals surface area contributed by atoms with Gasteiger partial charge in [-0.3, -0.25) is 4.79 Å². The van der Waals surface area contributed by atoms with E-state index in [1.807, 2.05) is 46.6 Å². The maximum atomic E-state index is 12.6. The Bertz CT molecular complexity index is 1190. The van der Waals surface area contributed by atoms with Crippen molar-refractivity contribution in [3.63, 3.8) is 0 Å². The van der Waals surface area contributed by atoms with Crippen LogP contribution in [0.25, 0.3) is 10.9 Å². The van der Waals surface area contributed by atoms with Gasteiger partial charge in [-0.2, -0.15) is 0 Å². The number of benzene rings is 2. The highest BCUT2D eigenvalue weighted by atomic mass is 16.6. The molecule has 0 saturated carbocycles. The highest BCUT2D eigenvalue weighted by molar-refractivity contribution is 6.04. The summed E-state index contributed by atoms with van der Waals surface area (Å²) >= 11 is 0. The first kappa shape index (κ1) is 22.0. The Labute approximate surface area is 196 Å². The number of piperidine rings is 1. The van der Waals surface area contributed by atoms with Gasteiger partial charge in [0.05, 0.1) is 5.52 Å². The summed E-state index contributed by atoms with van der Waals surface area (Å²) < 4.78 is 13.2. The van der Waals surface area contributed by atoms with Gasteiger partial charge in [-0.15, -0.1) is 0 Å². The van der Waals surface area contributed by atoms with Gasteiger partial charge in [-0.05, 0) is 62.2 Å². The molecule has 1 aromatic heterocycles. The summed E-state index contributed by atoms with van der Waals surface area (Å²) in [6, 6.07) is 16.3. The molecule has 2 aliphatic rings. The van der Waals surface area contributed by atoms with Crippen molar-refractivity contribution in [2.24, 2.45) is 0 Å². The van der Waals surface area contributed by atoms with Gasteiger partial charge >= 0.3 is 0 Å². The molecular weight excluding hydrogens is 413 g/mol. The van der Waals surface area contributed by atoms with Gasteiger partial charge in [0.1, 0.15) is 13.2 Å². The molecule has 0 bridgehead atoms. The Morgan fingerprint density at radius 2 is 1.76 bits per heavy atom. The molecule has 1 fully saturated rings. The number of fused-ring (bicyclic) bond motifs is 2. The monoisotopic (exact) mass is 443 g/mol. The molecule has 0 amide bonds. The maximum absolute atomic E-state index is 12.6. The van der Waals surface area contributed by atoms with Gasteiger partial charge in [-0.25, -0.2) is 0 Å². The van der Waals surface area contributed by atoms with Crippen molar-refractivity contribution < 1.29 is 9.47 Å². The van der Waals surface area contributed by atoms with E-state index < -0.39 is 0 Å². The van der Waals surface area contributed by atoms with E-state index in [0.29, 0.717) is 32.3 Å². The fraction of sp³-hybridized carbons (Fsp3) is 0.423. The minimum atomic E-state index is 0.0775. The lowest BCUT2D eigenvalue weighted by Gasteiger charge is -2.37. The van der Waals surface area contributed by atoms with Crippen LogP contribution in [-0.4, -0.2) is 61.1 Å². The van der Waals surface area contributed by atoms with E-state index in [9.17, 15) is 4.79 Å². The number of hydrogen-bond acceptors (Lipinski definition) is 5. The fourth-order valence-electron chi connectivity index (χ4n) is 4.97. The van der Waals surface area contributed by atoms with Gasteiger partial charge in [0.25, 0.3) is 5.56 Å². The molecule has 170 valence electrons. The zero-order chi connectivity index (χ0) is 22.8. The second-order valence-electron chi connectivity index (χ2n) is 9.06. The topological polar surface area (TPSA) is 46.9 Å². The minimum absolute atomic E-state index is 0.0775. The third-order valence-electron chi connectivity index (χ3n) is 6.86. The molecule has 0 spiro atoms. The van der Waals surface area contributed by atoms with Crippen LogP contribution in [0.15, 0.2) is 53.3 Å². The lowest BCUT2D eigenvalue weighted by Crippen LogP contribution is -2.44. The zero-order valence-electron chi connectivity index (χ0n) is 19.2. The number of hydrogen-bond donors (Lipinski definition) is 0. The normalized spacial score (nSPS) is 17.0. The van der Waals surface area contributed by atoms with Crippen LogP contribution in [0, 0.1) is 6.92 Å². The molecule has 0 atom stereocenters. The van der Waals surface area contributed by atoms with Crippen LogP contribution in [0.4, 0.5) is 0 Å². The van der Waals surface area contributed by atoms with E-state index in [2.05, 4.69) is 17.0 Å². The van der Waals surface area contributed by atoms with Crippen LogP contribution in [0.5, 0.6) is 11.5 Å². The van der Waals surface area contributed by atoms with Gasteiger partial charge in [0.2, 0.25) is 0 Å². The van der Waals surface area contributed by atoms with Crippen molar-refractivity contribution in [3.05, 3.63) is 70.0 Å². The third-order valence-corrected chi connectivity index (χ3v) is 6.86. The number of pyridine rings is 1. The molecule has 6 nitrogen and oxygen atoms in total. The minimum Gasteiger partial charge on any atom is -0.486 e. The lowest BCUT2D eigenvalue weighted by molar-refractivity contribution is 0.153. The molecule has 33 heavy (non-hydrogen) atoms. The van der Waals surface area contributed by atoms with Gasteiger partial charge < -0.3 is 23.8 Å². The zero-order valence-corrected chi connectivity index (χ0v) is 19.2. The second-order valence-corrected chi connectivity index (χ2v) is 9.06. The summed E-state index contributed by atoms with van der Waals surface area (Å²) in [5.41, 5.74) is 3.27. The summed E-state index contributed by atoms with van der Waals surface area (Å²) in [5.74, 6) is 1.61. The fourth-order valence-corrected chi connectivity index (χ4v) is 4.97. The molecule has 0 N–H and O–H groups in total. The number of ether oxygens (including phenoxy) is 2. The Hall–Kier alpha value is -2.77. The molecule has 2 radical (unpaired) electrons. The van der Waals surface area contributed by atoms with E-state index >= 15 is 0 Å².